The molecule has 4 heterocycles. The van der Waals surface area contributed by atoms with Gasteiger partial charge in [0.25, 0.3) is 0 Å². The topological polar surface area (TPSA) is 54.8 Å². The van der Waals surface area contributed by atoms with Gasteiger partial charge in [0, 0.05) is 49.4 Å². The third-order valence-electron chi connectivity index (χ3n) is 4.23. The Bertz CT molecular complexity index is 901. The lowest BCUT2D eigenvalue weighted by Crippen LogP contribution is -2.31. The second kappa shape index (κ2) is 7.04. The fourth-order valence-corrected chi connectivity index (χ4v) is 3.33. The number of hydrogen-bond donors (Lipinski definition) is 0. The Hall–Kier alpha value is -2.08. The van der Waals surface area contributed by atoms with Crippen LogP contribution in [0, 0.1) is 0 Å². The SMILES string of the molecule is Clc1ccc(CN2CCc3cnc(-c4cccnc4)nc3C2)c(Cl)n1. The maximum Gasteiger partial charge on any atom is 0.160 e. The van der Waals surface area contributed by atoms with Gasteiger partial charge in [-0.3, -0.25) is 9.88 Å². The van der Waals surface area contributed by atoms with E-state index in [0.717, 1.165) is 36.3 Å². The highest BCUT2D eigenvalue weighted by Gasteiger charge is 2.20. The Labute approximate surface area is 155 Å². The second-order valence-corrected chi connectivity index (χ2v) is 6.70. The molecule has 3 aromatic rings. The molecule has 0 fully saturated rings. The summed E-state index contributed by atoms with van der Waals surface area (Å²) in [6.45, 7) is 2.40. The number of pyridine rings is 2. The van der Waals surface area contributed by atoms with Crippen LogP contribution in [0.1, 0.15) is 16.8 Å². The summed E-state index contributed by atoms with van der Waals surface area (Å²) < 4.78 is 0. The molecule has 0 spiro atoms. The van der Waals surface area contributed by atoms with Crippen LogP contribution in [0.25, 0.3) is 11.4 Å². The summed E-state index contributed by atoms with van der Waals surface area (Å²) in [4.78, 5) is 19.8. The first-order chi connectivity index (χ1) is 12.2. The summed E-state index contributed by atoms with van der Waals surface area (Å²) in [5.74, 6) is 0.708. The maximum absolute atomic E-state index is 6.20. The average molecular weight is 372 g/mol. The lowest BCUT2D eigenvalue weighted by molar-refractivity contribution is 0.241. The Kier molecular flexibility index (Phi) is 4.61. The van der Waals surface area contributed by atoms with Crippen LogP contribution >= 0.6 is 23.2 Å². The van der Waals surface area contributed by atoms with E-state index in [1.54, 1.807) is 18.5 Å². The number of fused-ring (bicyclic) bond motifs is 1. The molecule has 0 amide bonds. The van der Waals surface area contributed by atoms with Crippen molar-refractivity contribution < 1.29 is 0 Å². The van der Waals surface area contributed by atoms with E-state index in [1.165, 1.54) is 5.56 Å². The van der Waals surface area contributed by atoms with Gasteiger partial charge in [-0.2, -0.15) is 0 Å². The van der Waals surface area contributed by atoms with Gasteiger partial charge in [-0.15, -0.1) is 0 Å². The first kappa shape index (κ1) is 16.4. The van der Waals surface area contributed by atoms with Crippen LogP contribution in [0.15, 0.2) is 42.9 Å². The zero-order chi connectivity index (χ0) is 17.2. The smallest absolute Gasteiger partial charge is 0.160 e. The third-order valence-corrected chi connectivity index (χ3v) is 4.77. The van der Waals surface area contributed by atoms with Crippen LogP contribution in [-0.4, -0.2) is 31.4 Å². The average Bonchev–Trinajstić information content (AvgIpc) is 2.64. The second-order valence-electron chi connectivity index (χ2n) is 5.95. The molecule has 0 bridgehead atoms. The fourth-order valence-electron chi connectivity index (χ4n) is 2.93. The molecule has 7 heteroatoms. The fraction of sp³-hybridized carbons (Fsp3) is 0.222. The predicted octanol–water partition coefficient (Wildman–Crippen LogP) is 3.80. The molecule has 0 saturated heterocycles. The highest BCUT2D eigenvalue weighted by molar-refractivity contribution is 6.32. The molecule has 0 saturated carbocycles. The van der Waals surface area contributed by atoms with Gasteiger partial charge in [0.2, 0.25) is 0 Å². The molecule has 0 atom stereocenters. The quantitative estimate of drug-likeness (QED) is 0.655. The summed E-state index contributed by atoms with van der Waals surface area (Å²) in [6, 6.07) is 7.55. The summed E-state index contributed by atoms with van der Waals surface area (Å²) >= 11 is 12.1. The molecular formula is C18H15Cl2N5. The molecule has 3 aromatic heterocycles. The lowest BCUT2D eigenvalue weighted by Gasteiger charge is -2.28. The van der Waals surface area contributed by atoms with E-state index in [1.807, 2.05) is 24.4 Å². The normalized spacial score (nSPS) is 14.3. The minimum atomic E-state index is 0.409. The summed E-state index contributed by atoms with van der Waals surface area (Å²) in [6.07, 6.45) is 6.37. The van der Waals surface area contributed by atoms with Crippen LogP contribution in [0.2, 0.25) is 10.3 Å². The van der Waals surface area contributed by atoms with Crippen molar-refractivity contribution in [2.45, 2.75) is 19.5 Å². The van der Waals surface area contributed by atoms with E-state index in [2.05, 4.69) is 19.9 Å². The molecule has 25 heavy (non-hydrogen) atoms. The Morgan fingerprint density at radius 2 is 2.00 bits per heavy atom. The first-order valence-electron chi connectivity index (χ1n) is 7.97. The van der Waals surface area contributed by atoms with Crippen LogP contribution in [0.4, 0.5) is 0 Å². The maximum atomic E-state index is 6.20. The van der Waals surface area contributed by atoms with Crippen molar-refractivity contribution in [2.75, 3.05) is 6.54 Å². The molecule has 0 aliphatic carbocycles. The minimum absolute atomic E-state index is 0.409. The van der Waals surface area contributed by atoms with Crippen molar-refractivity contribution >= 4 is 23.2 Å². The number of aromatic nitrogens is 4. The number of halogens is 2. The molecular weight excluding hydrogens is 357 g/mol. The monoisotopic (exact) mass is 371 g/mol. The molecule has 1 aliphatic heterocycles. The van der Waals surface area contributed by atoms with Crippen LogP contribution < -0.4 is 0 Å². The van der Waals surface area contributed by atoms with Gasteiger partial charge in [-0.05, 0) is 30.2 Å². The summed E-state index contributed by atoms with van der Waals surface area (Å²) in [5.41, 5.74) is 4.14. The van der Waals surface area contributed by atoms with Crippen LogP contribution in [0.5, 0.6) is 0 Å². The van der Waals surface area contributed by atoms with Gasteiger partial charge in [0.15, 0.2) is 5.82 Å². The zero-order valence-electron chi connectivity index (χ0n) is 13.4. The zero-order valence-corrected chi connectivity index (χ0v) is 14.9. The van der Waals surface area contributed by atoms with Crippen molar-refractivity contribution in [2.24, 2.45) is 0 Å². The Morgan fingerprint density at radius 1 is 1.08 bits per heavy atom. The molecule has 4 rings (SSSR count). The highest BCUT2D eigenvalue weighted by atomic mass is 35.5. The Balaban J connectivity index is 1.56. The van der Waals surface area contributed by atoms with Crippen molar-refractivity contribution in [1.82, 2.24) is 24.8 Å². The van der Waals surface area contributed by atoms with Gasteiger partial charge in [0.05, 0.1) is 5.69 Å². The minimum Gasteiger partial charge on any atom is -0.293 e. The molecule has 0 unspecified atom stereocenters. The Morgan fingerprint density at radius 3 is 2.80 bits per heavy atom. The van der Waals surface area contributed by atoms with Gasteiger partial charge >= 0.3 is 0 Å². The number of nitrogens with zero attached hydrogens (tertiary/aromatic N) is 5. The van der Waals surface area contributed by atoms with Crippen molar-refractivity contribution in [3.05, 3.63) is 70.0 Å². The third kappa shape index (κ3) is 3.63. The van der Waals surface area contributed by atoms with Gasteiger partial charge < -0.3 is 0 Å². The van der Waals surface area contributed by atoms with Gasteiger partial charge in [-0.25, -0.2) is 15.0 Å². The van der Waals surface area contributed by atoms with E-state index in [4.69, 9.17) is 28.2 Å². The van der Waals surface area contributed by atoms with Gasteiger partial charge in [0.1, 0.15) is 10.3 Å². The van der Waals surface area contributed by atoms with E-state index in [-0.39, 0.29) is 0 Å². The van der Waals surface area contributed by atoms with E-state index in [0.29, 0.717) is 22.7 Å². The summed E-state index contributed by atoms with van der Waals surface area (Å²) in [7, 11) is 0. The largest absolute Gasteiger partial charge is 0.293 e. The molecule has 5 nitrogen and oxygen atoms in total. The van der Waals surface area contributed by atoms with E-state index in [9.17, 15) is 0 Å². The van der Waals surface area contributed by atoms with Crippen LogP contribution in [0.3, 0.4) is 0 Å². The predicted molar refractivity (Wildman–Crippen MR) is 97.3 cm³/mol. The van der Waals surface area contributed by atoms with Crippen molar-refractivity contribution in [3.8, 4) is 11.4 Å². The molecule has 0 aromatic carbocycles. The van der Waals surface area contributed by atoms with Crippen molar-refractivity contribution in [1.29, 1.82) is 0 Å². The number of hydrogen-bond acceptors (Lipinski definition) is 5. The number of rotatable bonds is 3. The highest BCUT2D eigenvalue weighted by Crippen LogP contribution is 2.24. The molecule has 1 aliphatic rings. The first-order valence-corrected chi connectivity index (χ1v) is 8.73. The summed E-state index contributed by atoms with van der Waals surface area (Å²) in [5, 5.41) is 0.864. The van der Waals surface area contributed by atoms with Gasteiger partial charge in [-0.1, -0.05) is 29.3 Å². The lowest BCUT2D eigenvalue weighted by atomic mass is 10.1. The molecule has 126 valence electrons. The van der Waals surface area contributed by atoms with E-state index >= 15 is 0 Å². The van der Waals surface area contributed by atoms with Crippen molar-refractivity contribution in [3.63, 3.8) is 0 Å². The standard InChI is InChI=1S/C18H15Cl2N5/c19-16-4-3-14(17(20)24-16)10-25-7-5-12-9-22-18(23-15(12)11-25)13-2-1-6-21-8-13/h1-4,6,8-9H,5,7,10-11H2. The molecule has 0 N–H and O–H groups in total. The van der Waals surface area contributed by atoms with E-state index < -0.39 is 0 Å². The van der Waals surface area contributed by atoms with Crippen LogP contribution in [-0.2, 0) is 19.5 Å². The molecule has 0 radical (unpaired) electrons.